The Balaban J connectivity index is 2.76. The van der Waals surface area contributed by atoms with Crippen LogP contribution in [-0.4, -0.2) is 0 Å². The van der Waals surface area contributed by atoms with Crippen LogP contribution in [-0.2, 0) is 0 Å². The van der Waals surface area contributed by atoms with Crippen molar-refractivity contribution in [1.82, 2.24) is 0 Å². The number of rotatable bonds is 2. The van der Waals surface area contributed by atoms with Crippen molar-refractivity contribution in [3.8, 4) is 0 Å². The topological polar surface area (TPSA) is 0 Å². The Morgan fingerprint density at radius 2 is 1.50 bits per heavy atom. The van der Waals surface area contributed by atoms with Crippen molar-refractivity contribution in [2.45, 2.75) is 0 Å². The van der Waals surface area contributed by atoms with Gasteiger partial charge in [0.05, 0.1) is 0 Å². The van der Waals surface area contributed by atoms with E-state index in [9.17, 15) is 0 Å². The van der Waals surface area contributed by atoms with E-state index in [1.54, 1.807) is 0 Å². The molecule has 1 aliphatic carbocycles. The maximum atomic E-state index is 3.95. The van der Waals surface area contributed by atoms with Crippen LogP contribution in [0.5, 0.6) is 0 Å². The van der Waals surface area contributed by atoms with Crippen molar-refractivity contribution in [2.75, 3.05) is 0 Å². The third-order valence-corrected chi connectivity index (χ3v) is 1.89. The van der Waals surface area contributed by atoms with E-state index >= 15 is 0 Å². The molecule has 0 saturated heterocycles. The molecule has 0 radical (unpaired) electrons. The standard InChI is InChI=1S/C10H12/c1-4-9-6-7-10(5-2)8(9)3/h4-7,9-10H,1-3H2. The Kier molecular flexibility index (Phi) is 1.91. The molecule has 0 spiro atoms. The summed E-state index contributed by atoms with van der Waals surface area (Å²) in [6, 6.07) is 0. The van der Waals surface area contributed by atoms with Crippen LogP contribution in [0.1, 0.15) is 0 Å². The monoisotopic (exact) mass is 132 g/mol. The minimum Gasteiger partial charge on any atom is -0.102 e. The predicted molar refractivity (Wildman–Crippen MR) is 45.7 cm³/mol. The van der Waals surface area contributed by atoms with Gasteiger partial charge in [0.15, 0.2) is 0 Å². The lowest BCUT2D eigenvalue weighted by atomic mass is 9.97. The molecule has 0 amide bonds. The van der Waals surface area contributed by atoms with Gasteiger partial charge in [-0.1, -0.05) is 36.5 Å². The fourth-order valence-electron chi connectivity index (χ4n) is 1.17. The van der Waals surface area contributed by atoms with Gasteiger partial charge >= 0.3 is 0 Å². The quantitative estimate of drug-likeness (QED) is 0.507. The van der Waals surface area contributed by atoms with Crippen LogP contribution >= 0.6 is 0 Å². The van der Waals surface area contributed by atoms with Crippen LogP contribution in [0.3, 0.4) is 0 Å². The van der Waals surface area contributed by atoms with E-state index in [4.69, 9.17) is 0 Å². The Bertz CT molecular complexity index is 176. The van der Waals surface area contributed by atoms with Crippen molar-refractivity contribution in [3.05, 3.63) is 49.6 Å². The number of allylic oxidation sites excluding steroid dienone is 5. The van der Waals surface area contributed by atoms with Gasteiger partial charge in [0, 0.05) is 11.8 Å². The lowest BCUT2D eigenvalue weighted by Crippen LogP contribution is -1.95. The van der Waals surface area contributed by atoms with Gasteiger partial charge in [0.2, 0.25) is 0 Å². The zero-order valence-electron chi connectivity index (χ0n) is 6.09. The molecule has 1 rings (SSSR count). The molecule has 0 nitrogen and oxygen atoms in total. The SMILES string of the molecule is C=CC1C=CC(C=C)C1=C. The first-order chi connectivity index (χ1) is 4.79. The van der Waals surface area contributed by atoms with E-state index in [0.29, 0.717) is 11.8 Å². The Morgan fingerprint density at radius 3 is 1.70 bits per heavy atom. The molecule has 1 aliphatic rings. The van der Waals surface area contributed by atoms with Gasteiger partial charge in [-0.2, -0.15) is 0 Å². The molecule has 2 unspecified atom stereocenters. The highest BCUT2D eigenvalue weighted by molar-refractivity contribution is 5.32. The van der Waals surface area contributed by atoms with E-state index in [0.717, 1.165) is 0 Å². The van der Waals surface area contributed by atoms with Crippen LogP contribution in [0, 0.1) is 11.8 Å². The summed E-state index contributed by atoms with van der Waals surface area (Å²) in [7, 11) is 0. The first-order valence-corrected chi connectivity index (χ1v) is 3.41. The van der Waals surface area contributed by atoms with Crippen LogP contribution in [0.15, 0.2) is 49.6 Å². The second-order valence-electron chi connectivity index (χ2n) is 2.48. The molecule has 0 heterocycles. The summed E-state index contributed by atoms with van der Waals surface area (Å²) in [6.07, 6.45) is 8.04. The molecule has 0 N–H and O–H groups in total. The maximum absolute atomic E-state index is 3.95. The van der Waals surface area contributed by atoms with Crippen LogP contribution in [0.2, 0.25) is 0 Å². The molecule has 0 aromatic heterocycles. The predicted octanol–water partition coefficient (Wildman–Crippen LogP) is 2.72. The summed E-state index contributed by atoms with van der Waals surface area (Å²) >= 11 is 0. The highest BCUT2D eigenvalue weighted by Gasteiger charge is 2.17. The molecule has 10 heavy (non-hydrogen) atoms. The van der Waals surface area contributed by atoms with Gasteiger partial charge in [0.1, 0.15) is 0 Å². The smallest absolute Gasteiger partial charge is 0.0161 e. The van der Waals surface area contributed by atoms with E-state index in [1.807, 2.05) is 12.2 Å². The minimum atomic E-state index is 0.364. The summed E-state index contributed by atoms with van der Waals surface area (Å²) < 4.78 is 0. The summed E-state index contributed by atoms with van der Waals surface area (Å²) in [6.45, 7) is 11.4. The lowest BCUT2D eigenvalue weighted by molar-refractivity contribution is 0.897. The maximum Gasteiger partial charge on any atom is 0.0161 e. The third kappa shape index (κ3) is 0.971. The van der Waals surface area contributed by atoms with Crippen molar-refractivity contribution < 1.29 is 0 Å². The molecular weight excluding hydrogens is 120 g/mol. The van der Waals surface area contributed by atoms with Crippen molar-refractivity contribution >= 4 is 0 Å². The molecule has 2 atom stereocenters. The molecule has 0 fully saturated rings. The zero-order chi connectivity index (χ0) is 7.56. The first kappa shape index (κ1) is 7.07. The molecule has 0 heteroatoms. The molecule has 0 aliphatic heterocycles. The number of hydrogen-bond donors (Lipinski definition) is 0. The second kappa shape index (κ2) is 2.70. The fourth-order valence-corrected chi connectivity index (χ4v) is 1.17. The van der Waals surface area contributed by atoms with Crippen LogP contribution < -0.4 is 0 Å². The number of hydrogen-bond acceptors (Lipinski definition) is 0. The summed E-state index contributed by atoms with van der Waals surface area (Å²) in [5, 5.41) is 0. The highest BCUT2D eigenvalue weighted by atomic mass is 14.2. The van der Waals surface area contributed by atoms with Gasteiger partial charge < -0.3 is 0 Å². The third-order valence-electron chi connectivity index (χ3n) is 1.89. The normalized spacial score (nSPS) is 30.6. The van der Waals surface area contributed by atoms with Gasteiger partial charge in [0.25, 0.3) is 0 Å². The van der Waals surface area contributed by atoms with E-state index in [1.165, 1.54) is 5.57 Å². The van der Waals surface area contributed by atoms with E-state index in [2.05, 4.69) is 31.9 Å². The molecule has 0 aromatic carbocycles. The average Bonchev–Trinajstić information content (AvgIpc) is 2.30. The molecular formula is C10H12. The van der Waals surface area contributed by atoms with Gasteiger partial charge in [-0.3, -0.25) is 0 Å². The van der Waals surface area contributed by atoms with E-state index < -0.39 is 0 Å². The van der Waals surface area contributed by atoms with Gasteiger partial charge in [-0.15, -0.1) is 13.2 Å². The van der Waals surface area contributed by atoms with Crippen molar-refractivity contribution in [3.63, 3.8) is 0 Å². The average molecular weight is 132 g/mol. The van der Waals surface area contributed by atoms with Crippen LogP contribution in [0.4, 0.5) is 0 Å². The molecule has 52 valence electrons. The summed E-state index contributed by atoms with van der Waals surface area (Å²) in [5.41, 5.74) is 1.19. The largest absolute Gasteiger partial charge is 0.102 e. The Morgan fingerprint density at radius 1 is 1.10 bits per heavy atom. The van der Waals surface area contributed by atoms with Gasteiger partial charge in [-0.25, -0.2) is 0 Å². The summed E-state index contributed by atoms with van der Waals surface area (Å²) in [5.74, 6) is 0.728. The molecule has 0 bridgehead atoms. The molecule has 0 aromatic rings. The highest BCUT2D eigenvalue weighted by Crippen LogP contribution is 2.29. The lowest BCUT2D eigenvalue weighted by Gasteiger charge is -2.07. The van der Waals surface area contributed by atoms with Crippen LogP contribution in [0.25, 0.3) is 0 Å². The zero-order valence-corrected chi connectivity index (χ0v) is 6.09. The van der Waals surface area contributed by atoms with Gasteiger partial charge in [-0.05, 0) is 0 Å². The molecule has 0 saturated carbocycles. The minimum absolute atomic E-state index is 0.364. The summed E-state index contributed by atoms with van der Waals surface area (Å²) in [4.78, 5) is 0. The van der Waals surface area contributed by atoms with E-state index in [-0.39, 0.29) is 0 Å². The fraction of sp³-hybridized carbons (Fsp3) is 0.200. The van der Waals surface area contributed by atoms with Crippen molar-refractivity contribution in [1.29, 1.82) is 0 Å². The van der Waals surface area contributed by atoms with Crippen molar-refractivity contribution in [2.24, 2.45) is 11.8 Å². The Labute approximate surface area is 62.3 Å². The second-order valence-corrected chi connectivity index (χ2v) is 2.48. The Hall–Kier alpha value is -1.04. The first-order valence-electron chi connectivity index (χ1n) is 3.41.